The fraction of sp³-hybridized carbons (Fsp3) is 0.385. The monoisotopic (exact) mass is 236 g/mol. The fourth-order valence-corrected chi connectivity index (χ4v) is 1.44. The molecule has 0 radical (unpaired) electrons. The second-order valence-corrected chi connectivity index (χ2v) is 4.69. The number of allylic oxidation sites excluding steroid dienone is 2. The fourth-order valence-electron chi connectivity index (χ4n) is 1.44. The third-order valence-electron chi connectivity index (χ3n) is 2.79. The highest BCUT2D eigenvalue weighted by molar-refractivity contribution is 5.32. The second kappa shape index (κ2) is 4.30. The molecule has 0 amide bonds. The molecule has 17 heavy (non-hydrogen) atoms. The third kappa shape index (κ3) is 3.14. The number of hydrogen-bond acceptors (Lipinski definition) is 3. The zero-order chi connectivity index (χ0) is 13.3. The quantitative estimate of drug-likeness (QED) is 0.439. The molecule has 1 aliphatic rings. The van der Waals surface area contributed by atoms with Crippen molar-refractivity contribution >= 4 is 0 Å². The molecule has 2 N–H and O–H groups in total. The van der Waals surface area contributed by atoms with Crippen molar-refractivity contribution in [2.75, 3.05) is 7.05 Å². The summed E-state index contributed by atoms with van der Waals surface area (Å²) in [5.41, 5.74) is -1.71. The van der Waals surface area contributed by atoms with Gasteiger partial charge >= 0.3 is 0 Å². The van der Waals surface area contributed by atoms with Gasteiger partial charge in [-0.05, 0) is 13.8 Å². The molecule has 0 saturated heterocycles. The molecule has 0 aliphatic heterocycles. The largest absolute Gasteiger partial charge is 0.512 e. The minimum atomic E-state index is -1.24. The topological polar surface area (TPSA) is 60.5 Å². The van der Waals surface area contributed by atoms with Gasteiger partial charge in [0.1, 0.15) is 5.60 Å². The summed E-state index contributed by atoms with van der Waals surface area (Å²) >= 11 is 0. The summed E-state index contributed by atoms with van der Waals surface area (Å²) < 4.78 is 0.657. The predicted octanol–water partition coefficient (Wildman–Crippen LogP) is 2.23. The van der Waals surface area contributed by atoms with Crippen molar-refractivity contribution in [1.82, 2.24) is 0 Å². The molecule has 1 rings (SSSR count). The first-order chi connectivity index (χ1) is 7.66. The lowest BCUT2D eigenvalue weighted by atomic mass is 9.84. The van der Waals surface area contributed by atoms with E-state index in [1.165, 1.54) is 19.2 Å². The van der Waals surface area contributed by atoms with Crippen molar-refractivity contribution in [2.24, 2.45) is 5.41 Å². The number of aliphatic hydroxyl groups excluding tert-OH is 1. The molecule has 0 saturated carbocycles. The van der Waals surface area contributed by atoms with Crippen molar-refractivity contribution in [1.29, 1.82) is 0 Å². The Morgan fingerprint density at radius 2 is 1.94 bits per heavy atom. The maximum atomic E-state index is 11.3. The van der Waals surface area contributed by atoms with Crippen LogP contribution in [0, 0.1) is 10.3 Å². The molecule has 0 fully saturated rings. The van der Waals surface area contributed by atoms with Gasteiger partial charge in [0.15, 0.2) is 7.05 Å². The summed E-state index contributed by atoms with van der Waals surface area (Å²) in [7, 11) is 1.35. The predicted molar refractivity (Wildman–Crippen MR) is 66.4 cm³/mol. The zero-order valence-electron chi connectivity index (χ0n) is 10.3. The van der Waals surface area contributed by atoms with Crippen LogP contribution in [0.1, 0.15) is 13.8 Å². The van der Waals surface area contributed by atoms with Crippen LogP contribution in [0.5, 0.6) is 0 Å². The second-order valence-electron chi connectivity index (χ2n) is 4.69. The standard InChI is InChI=1S/C13H17NO3/c1-10(15)12(2)6-5-11(14(4)17)9-13(3,16)8-7-12/h5-9,16H,1H2,2-4H3/p+1/b6-5?,8-7-,11-9+. The minimum absolute atomic E-state index is 0.0457. The molecule has 1 aliphatic carbocycles. The van der Waals surface area contributed by atoms with E-state index in [9.17, 15) is 15.1 Å². The average Bonchev–Trinajstić information content (AvgIpc) is 2.19. The molecular formula is C13H18NO3+. The van der Waals surface area contributed by atoms with Gasteiger partial charge < -0.3 is 10.2 Å². The average molecular weight is 236 g/mol. The van der Waals surface area contributed by atoms with E-state index in [0.29, 0.717) is 10.5 Å². The Kier molecular flexibility index (Phi) is 3.38. The maximum absolute atomic E-state index is 11.3. The Labute approximate surface area is 101 Å². The Balaban J connectivity index is 3.33. The highest BCUT2D eigenvalue weighted by Crippen LogP contribution is 2.31. The van der Waals surface area contributed by atoms with Gasteiger partial charge in [-0.3, -0.25) is 0 Å². The van der Waals surface area contributed by atoms with Gasteiger partial charge in [-0.1, -0.05) is 24.8 Å². The van der Waals surface area contributed by atoms with Gasteiger partial charge in [-0.2, -0.15) is 0 Å². The summed E-state index contributed by atoms with van der Waals surface area (Å²) in [5, 5.41) is 19.6. The summed E-state index contributed by atoms with van der Waals surface area (Å²) in [6, 6.07) is 0. The molecule has 0 aromatic rings. The van der Waals surface area contributed by atoms with Crippen LogP contribution >= 0.6 is 0 Å². The lowest BCUT2D eigenvalue weighted by Crippen LogP contribution is -2.23. The van der Waals surface area contributed by atoms with Crippen LogP contribution < -0.4 is 0 Å². The van der Waals surface area contributed by atoms with Crippen LogP contribution in [-0.2, 0) is 0 Å². The molecule has 0 spiro atoms. The Bertz CT molecular complexity index is 444. The van der Waals surface area contributed by atoms with Crippen LogP contribution in [0.2, 0.25) is 0 Å². The first-order valence-corrected chi connectivity index (χ1v) is 5.30. The highest BCUT2D eigenvalue weighted by atomic mass is 16.3. The summed E-state index contributed by atoms with van der Waals surface area (Å²) in [5.74, 6) is -0.0457. The van der Waals surface area contributed by atoms with Gasteiger partial charge in [0, 0.05) is 21.8 Å². The van der Waals surface area contributed by atoms with Crippen LogP contribution in [0.15, 0.2) is 48.4 Å². The highest BCUT2D eigenvalue weighted by Gasteiger charge is 2.28. The Morgan fingerprint density at radius 1 is 1.35 bits per heavy atom. The molecule has 2 atom stereocenters. The van der Waals surface area contributed by atoms with E-state index in [4.69, 9.17) is 0 Å². The molecule has 4 heteroatoms. The van der Waals surface area contributed by atoms with E-state index < -0.39 is 11.0 Å². The van der Waals surface area contributed by atoms with Crippen molar-refractivity contribution < 1.29 is 15.0 Å². The smallest absolute Gasteiger partial charge is 0.254 e. The van der Waals surface area contributed by atoms with Crippen LogP contribution in [0.4, 0.5) is 0 Å². The normalized spacial score (nSPS) is 37.5. The minimum Gasteiger partial charge on any atom is -0.512 e. The molecule has 0 heterocycles. The molecule has 0 bridgehead atoms. The summed E-state index contributed by atoms with van der Waals surface area (Å²) in [6.45, 7) is 6.81. The maximum Gasteiger partial charge on any atom is 0.254 e. The van der Waals surface area contributed by atoms with Gasteiger partial charge in [-0.25, -0.2) is 0 Å². The van der Waals surface area contributed by atoms with E-state index in [1.807, 2.05) is 0 Å². The summed E-state index contributed by atoms with van der Waals surface area (Å²) in [4.78, 5) is 11.3. The number of rotatable bonds is 2. The van der Waals surface area contributed by atoms with Gasteiger partial charge in [0.05, 0.1) is 11.2 Å². The van der Waals surface area contributed by atoms with Crippen molar-refractivity contribution in [2.45, 2.75) is 19.4 Å². The van der Waals surface area contributed by atoms with Crippen LogP contribution in [0.25, 0.3) is 0 Å². The molecule has 0 aromatic carbocycles. The summed E-state index contributed by atoms with van der Waals surface area (Å²) in [6.07, 6.45) is 7.87. The lowest BCUT2D eigenvalue weighted by Gasteiger charge is -2.24. The SMILES string of the molecule is C=C(O)C1(C)C=C/C([N+](C)=O)=C\C(C)(O)/C=C\1. The van der Waals surface area contributed by atoms with E-state index in [2.05, 4.69) is 6.58 Å². The van der Waals surface area contributed by atoms with Crippen molar-refractivity contribution in [3.63, 3.8) is 0 Å². The van der Waals surface area contributed by atoms with E-state index in [1.54, 1.807) is 32.1 Å². The van der Waals surface area contributed by atoms with Crippen LogP contribution in [-0.4, -0.2) is 27.6 Å². The number of likely N-dealkylation sites (N-methyl/N-ethyl adjacent to an activating group) is 1. The van der Waals surface area contributed by atoms with Crippen molar-refractivity contribution in [3.05, 3.63) is 53.3 Å². The van der Waals surface area contributed by atoms with Gasteiger partial charge in [-0.15, -0.1) is 0 Å². The van der Waals surface area contributed by atoms with E-state index in [-0.39, 0.29) is 5.76 Å². The van der Waals surface area contributed by atoms with Crippen molar-refractivity contribution in [3.8, 4) is 0 Å². The third-order valence-corrected chi connectivity index (χ3v) is 2.79. The van der Waals surface area contributed by atoms with Gasteiger partial charge in [0.25, 0.3) is 5.70 Å². The van der Waals surface area contributed by atoms with E-state index >= 15 is 0 Å². The molecule has 2 unspecified atom stereocenters. The molecular weight excluding hydrogens is 218 g/mol. The first-order valence-electron chi connectivity index (χ1n) is 5.30. The number of nitroso groups, excluding NO2 is 1. The zero-order valence-corrected chi connectivity index (χ0v) is 10.3. The number of nitrogens with zero attached hydrogens (tertiary/aromatic N) is 1. The number of aliphatic hydroxyl groups is 2. The van der Waals surface area contributed by atoms with E-state index in [0.717, 1.165) is 0 Å². The van der Waals surface area contributed by atoms with Crippen LogP contribution in [0.3, 0.4) is 0 Å². The lowest BCUT2D eigenvalue weighted by molar-refractivity contribution is -0.461. The Hall–Kier alpha value is -1.68. The molecule has 4 nitrogen and oxygen atoms in total. The first kappa shape index (κ1) is 13.4. The molecule has 92 valence electrons. The Morgan fingerprint density at radius 3 is 2.41 bits per heavy atom. The number of hydrogen-bond donors (Lipinski definition) is 2. The molecule has 0 aromatic heterocycles. The van der Waals surface area contributed by atoms with Gasteiger partial charge in [0.2, 0.25) is 0 Å².